The fraction of sp³-hybridized carbons (Fsp3) is 0.458. The van der Waals surface area contributed by atoms with E-state index in [0.717, 1.165) is 37.6 Å². The van der Waals surface area contributed by atoms with Crippen LogP contribution in [-0.2, 0) is 16.0 Å². The largest absolute Gasteiger partial charge is 0.494 e. The van der Waals surface area contributed by atoms with Crippen molar-refractivity contribution in [3.05, 3.63) is 59.7 Å². The third-order valence-corrected chi connectivity index (χ3v) is 5.37. The average Bonchev–Trinajstić information content (AvgIpc) is 2.76. The molecule has 1 saturated heterocycles. The van der Waals surface area contributed by atoms with Crippen molar-refractivity contribution in [2.75, 3.05) is 58.5 Å². The van der Waals surface area contributed by atoms with Crippen LogP contribution in [0.3, 0.4) is 0 Å². The number of benzene rings is 2. The fourth-order valence-electron chi connectivity index (χ4n) is 3.67. The SMILES string of the molecule is CCOc1ccc(CC(=O)NCC(c2ccc(N(C)C)cc2)N2CCOCC2)cc1. The number of rotatable bonds is 9. The fourth-order valence-corrected chi connectivity index (χ4v) is 3.67. The molecule has 1 heterocycles. The van der Waals surface area contributed by atoms with Gasteiger partial charge in [0.1, 0.15) is 5.75 Å². The molecule has 1 aliphatic rings. The molecule has 0 aromatic heterocycles. The summed E-state index contributed by atoms with van der Waals surface area (Å²) in [6, 6.07) is 16.4. The first-order valence-corrected chi connectivity index (χ1v) is 10.6. The van der Waals surface area contributed by atoms with Crippen molar-refractivity contribution in [3.8, 4) is 5.75 Å². The van der Waals surface area contributed by atoms with Crippen molar-refractivity contribution in [1.82, 2.24) is 10.2 Å². The van der Waals surface area contributed by atoms with Crippen LogP contribution < -0.4 is 15.0 Å². The number of nitrogens with one attached hydrogen (secondary N) is 1. The summed E-state index contributed by atoms with van der Waals surface area (Å²) in [4.78, 5) is 17.1. The monoisotopic (exact) mass is 411 g/mol. The van der Waals surface area contributed by atoms with Crippen molar-refractivity contribution in [2.24, 2.45) is 0 Å². The minimum atomic E-state index is 0.0299. The molecular weight excluding hydrogens is 378 g/mol. The van der Waals surface area contributed by atoms with Gasteiger partial charge in [0.25, 0.3) is 0 Å². The Morgan fingerprint density at radius 1 is 1.10 bits per heavy atom. The Morgan fingerprint density at radius 2 is 1.77 bits per heavy atom. The first kappa shape index (κ1) is 22.1. The first-order chi connectivity index (χ1) is 14.6. The van der Waals surface area contributed by atoms with Crippen LogP contribution >= 0.6 is 0 Å². The lowest BCUT2D eigenvalue weighted by molar-refractivity contribution is -0.120. The summed E-state index contributed by atoms with van der Waals surface area (Å²) in [6.45, 7) is 6.37. The van der Waals surface area contributed by atoms with Crippen molar-refractivity contribution < 1.29 is 14.3 Å². The number of hydrogen-bond acceptors (Lipinski definition) is 5. The topological polar surface area (TPSA) is 54.0 Å². The molecule has 1 N–H and O–H groups in total. The molecule has 6 heteroatoms. The van der Waals surface area contributed by atoms with Gasteiger partial charge >= 0.3 is 0 Å². The van der Waals surface area contributed by atoms with Gasteiger partial charge in [-0.15, -0.1) is 0 Å². The van der Waals surface area contributed by atoms with Crippen LogP contribution in [0, 0.1) is 0 Å². The molecule has 0 bridgehead atoms. The Morgan fingerprint density at radius 3 is 2.37 bits per heavy atom. The van der Waals surface area contributed by atoms with E-state index in [1.807, 2.05) is 45.3 Å². The summed E-state index contributed by atoms with van der Waals surface area (Å²) in [6.07, 6.45) is 0.363. The summed E-state index contributed by atoms with van der Waals surface area (Å²) in [5, 5.41) is 3.14. The van der Waals surface area contributed by atoms with Crippen molar-refractivity contribution in [2.45, 2.75) is 19.4 Å². The quantitative estimate of drug-likeness (QED) is 0.688. The third-order valence-electron chi connectivity index (χ3n) is 5.37. The Hall–Kier alpha value is -2.57. The van der Waals surface area contributed by atoms with Crippen LogP contribution in [0.2, 0.25) is 0 Å². The zero-order valence-electron chi connectivity index (χ0n) is 18.3. The lowest BCUT2D eigenvalue weighted by Gasteiger charge is -2.35. The van der Waals surface area contributed by atoms with Crippen LogP contribution in [-0.4, -0.2) is 64.4 Å². The summed E-state index contributed by atoms with van der Waals surface area (Å²) >= 11 is 0. The number of nitrogens with zero attached hydrogens (tertiary/aromatic N) is 2. The van der Waals surface area contributed by atoms with Crippen LogP contribution in [0.25, 0.3) is 0 Å². The van der Waals surface area contributed by atoms with Gasteiger partial charge in [-0.2, -0.15) is 0 Å². The average molecular weight is 412 g/mol. The molecule has 6 nitrogen and oxygen atoms in total. The lowest BCUT2D eigenvalue weighted by atomic mass is 10.0. The van der Waals surface area contributed by atoms with E-state index in [1.165, 1.54) is 11.3 Å². The molecule has 162 valence electrons. The van der Waals surface area contributed by atoms with Crippen LogP contribution in [0.4, 0.5) is 5.69 Å². The maximum Gasteiger partial charge on any atom is 0.224 e. The van der Waals surface area contributed by atoms with Gasteiger partial charge in [-0.25, -0.2) is 0 Å². The second kappa shape index (κ2) is 11.0. The van der Waals surface area contributed by atoms with Gasteiger partial charge in [0, 0.05) is 39.4 Å². The van der Waals surface area contributed by atoms with E-state index >= 15 is 0 Å². The van der Waals surface area contributed by atoms with E-state index in [2.05, 4.69) is 39.4 Å². The Labute approximate surface area is 179 Å². The summed E-state index contributed by atoms with van der Waals surface area (Å²) < 4.78 is 11.0. The van der Waals surface area contributed by atoms with Gasteiger partial charge in [-0.3, -0.25) is 9.69 Å². The Bertz CT molecular complexity index is 784. The van der Waals surface area contributed by atoms with E-state index in [-0.39, 0.29) is 11.9 Å². The highest BCUT2D eigenvalue weighted by atomic mass is 16.5. The number of ether oxygens (including phenoxy) is 2. The molecule has 2 aromatic rings. The second-order valence-electron chi connectivity index (χ2n) is 7.71. The molecule has 1 fully saturated rings. The molecule has 1 unspecified atom stereocenters. The maximum atomic E-state index is 12.6. The molecule has 1 amide bonds. The van der Waals surface area contributed by atoms with Crippen molar-refractivity contribution >= 4 is 11.6 Å². The minimum absolute atomic E-state index is 0.0299. The smallest absolute Gasteiger partial charge is 0.224 e. The number of amides is 1. The van der Waals surface area contributed by atoms with Crippen LogP contribution in [0.15, 0.2) is 48.5 Å². The van der Waals surface area contributed by atoms with Crippen molar-refractivity contribution in [1.29, 1.82) is 0 Å². The highest BCUT2D eigenvalue weighted by molar-refractivity contribution is 5.78. The molecule has 0 spiro atoms. The van der Waals surface area contributed by atoms with Crippen LogP contribution in [0.5, 0.6) is 5.75 Å². The molecule has 1 aliphatic heterocycles. The third kappa shape index (κ3) is 6.21. The number of anilines is 1. The van der Waals surface area contributed by atoms with E-state index in [0.29, 0.717) is 19.6 Å². The van der Waals surface area contributed by atoms with Gasteiger partial charge in [-0.1, -0.05) is 24.3 Å². The second-order valence-corrected chi connectivity index (χ2v) is 7.71. The van der Waals surface area contributed by atoms with E-state index in [1.54, 1.807) is 0 Å². The van der Waals surface area contributed by atoms with Crippen molar-refractivity contribution in [3.63, 3.8) is 0 Å². The van der Waals surface area contributed by atoms with Gasteiger partial charge < -0.3 is 19.7 Å². The molecule has 0 saturated carbocycles. The number of carbonyl (C=O) groups is 1. The summed E-state index contributed by atoms with van der Waals surface area (Å²) in [5.74, 6) is 0.859. The molecule has 3 rings (SSSR count). The predicted molar refractivity (Wildman–Crippen MR) is 120 cm³/mol. The number of hydrogen-bond donors (Lipinski definition) is 1. The van der Waals surface area contributed by atoms with Gasteiger partial charge in [-0.05, 0) is 42.3 Å². The minimum Gasteiger partial charge on any atom is -0.494 e. The molecule has 0 aliphatic carbocycles. The normalized spacial score (nSPS) is 15.4. The molecule has 2 aromatic carbocycles. The molecule has 1 atom stereocenters. The zero-order chi connectivity index (χ0) is 21.3. The number of morpholine rings is 1. The zero-order valence-corrected chi connectivity index (χ0v) is 18.3. The number of carbonyl (C=O) groups excluding carboxylic acids is 1. The van der Waals surface area contributed by atoms with Gasteiger partial charge in [0.05, 0.1) is 32.3 Å². The molecule has 30 heavy (non-hydrogen) atoms. The van der Waals surface area contributed by atoms with Crippen LogP contribution in [0.1, 0.15) is 24.1 Å². The molecule has 0 radical (unpaired) electrons. The summed E-state index contributed by atoms with van der Waals surface area (Å²) in [7, 11) is 4.07. The first-order valence-electron chi connectivity index (χ1n) is 10.6. The van der Waals surface area contributed by atoms with E-state index in [4.69, 9.17) is 9.47 Å². The summed E-state index contributed by atoms with van der Waals surface area (Å²) in [5.41, 5.74) is 3.36. The van der Waals surface area contributed by atoms with E-state index in [9.17, 15) is 4.79 Å². The maximum absolute atomic E-state index is 12.6. The lowest BCUT2D eigenvalue weighted by Crippen LogP contribution is -2.44. The predicted octanol–water partition coefficient (Wildman–Crippen LogP) is 2.88. The highest BCUT2D eigenvalue weighted by Gasteiger charge is 2.23. The standard InChI is InChI=1S/C24H33N3O3/c1-4-30-22-11-5-19(6-12-22)17-24(28)25-18-23(27-13-15-29-16-14-27)20-7-9-21(10-8-20)26(2)3/h5-12,23H,4,13-18H2,1-3H3,(H,25,28). The Kier molecular flexibility index (Phi) is 8.11. The highest BCUT2D eigenvalue weighted by Crippen LogP contribution is 2.24. The molecular formula is C24H33N3O3. The van der Waals surface area contributed by atoms with Gasteiger partial charge in [0.2, 0.25) is 5.91 Å². The van der Waals surface area contributed by atoms with E-state index < -0.39 is 0 Å². The van der Waals surface area contributed by atoms with Gasteiger partial charge in [0.15, 0.2) is 0 Å². The Balaban J connectivity index is 1.63.